The molecule has 0 radical (unpaired) electrons. The van der Waals surface area contributed by atoms with Crippen LogP contribution in [0.25, 0.3) is 0 Å². The number of carbonyl (C=O) groups is 2. The summed E-state index contributed by atoms with van der Waals surface area (Å²) in [5.41, 5.74) is 1.31. The average molecular weight is 474 g/mol. The van der Waals surface area contributed by atoms with Gasteiger partial charge in [0.1, 0.15) is 0 Å². The molecule has 3 aromatic rings. The molecule has 2 amide bonds. The summed E-state index contributed by atoms with van der Waals surface area (Å²) >= 11 is 1.36. The number of benzene rings is 2. The second kappa shape index (κ2) is 9.76. The first-order valence-electron chi connectivity index (χ1n) is 10.4. The lowest BCUT2D eigenvalue weighted by Crippen LogP contribution is -2.48. The number of hydrogen-bond donors (Lipinski definition) is 1. The van der Waals surface area contributed by atoms with Crippen LogP contribution in [-0.4, -0.2) is 47.8 Å². The van der Waals surface area contributed by atoms with Gasteiger partial charge in [-0.3, -0.25) is 14.5 Å². The van der Waals surface area contributed by atoms with Gasteiger partial charge in [-0.15, -0.1) is 11.3 Å². The van der Waals surface area contributed by atoms with Gasteiger partial charge in [-0.05, 0) is 53.4 Å². The number of hydrogen-bond acceptors (Lipinski definition) is 4. The summed E-state index contributed by atoms with van der Waals surface area (Å²) in [6.45, 7) is 2.90. The number of nitrogens with zero attached hydrogens (tertiary/aromatic N) is 2. The van der Waals surface area contributed by atoms with Crippen molar-refractivity contribution in [1.82, 2.24) is 9.80 Å². The van der Waals surface area contributed by atoms with Gasteiger partial charge in [-0.1, -0.05) is 18.2 Å². The van der Waals surface area contributed by atoms with E-state index in [9.17, 15) is 22.8 Å². The Morgan fingerprint density at radius 3 is 2.15 bits per heavy atom. The SMILES string of the molecule is O=C(Nc1ccc(C(=O)N2CCN(Cc3ccc(C(F)(F)F)cc3)CC2)cc1)c1cccs1. The van der Waals surface area contributed by atoms with Gasteiger partial charge in [0.15, 0.2) is 0 Å². The van der Waals surface area contributed by atoms with Crippen LogP contribution in [0.1, 0.15) is 31.2 Å². The smallest absolute Gasteiger partial charge is 0.336 e. The molecule has 33 heavy (non-hydrogen) atoms. The summed E-state index contributed by atoms with van der Waals surface area (Å²) in [7, 11) is 0. The summed E-state index contributed by atoms with van der Waals surface area (Å²) in [4.78, 5) is 29.5. The average Bonchev–Trinajstić information content (AvgIpc) is 3.35. The summed E-state index contributed by atoms with van der Waals surface area (Å²) < 4.78 is 38.1. The summed E-state index contributed by atoms with van der Waals surface area (Å²) in [6, 6.07) is 15.6. The molecule has 1 aromatic heterocycles. The Hall–Kier alpha value is -3.17. The molecule has 1 saturated heterocycles. The number of nitrogens with one attached hydrogen (secondary N) is 1. The third kappa shape index (κ3) is 5.80. The van der Waals surface area contributed by atoms with E-state index in [-0.39, 0.29) is 11.8 Å². The Bertz CT molecular complexity index is 1090. The second-order valence-corrected chi connectivity index (χ2v) is 8.72. The minimum atomic E-state index is -4.33. The Morgan fingerprint density at radius 2 is 1.58 bits per heavy atom. The number of carbonyl (C=O) groups excluding carboxylic acids is 2. The van der Waals surface area contributed by atoms with E-state index in [1.807, 2.05) is 11.4 Å². The first kappa shape index (κ1) is 23.0. The van der Waals surface area contributed by atoms with Gasteiger partial charge in [0.25, 0.3) is 11.8 Å². The minimum Gasteiger partial charge on any atom is -0.336 e. The van der Waals surface area contributed by atoms with Crippen molar-refractivity contribution in [2.24, 2.45) is 0 Å². The van der Waals surface area contributed by atoms with Crippen molar-refractivity contribution in [3.8, 4) is 0 Å². The molecule has 1 aliphatic heterocycles. The zero-order valence-corrected chi connectivity index (χ0v) is 18.5. The fraction of sp³-hybridized carbons (Fsp3) is 0.250. The third-order valence-corrected chi connectivity index (χ3v) is 6.35. The fourth-order valence-electron chi connectivity index (χ4n) is 3.65. The molecule has 172 valence electrons. The topological polar surface area (TPSA) is 52.7 Å². The fourth-order valence-corrected chi connectivity index (χ4v) is 4.26. The van der Waals surface area contributed by atoms with E-state index in [1.54, 1.807) is 35.2 Å². The Kier molecular flexibility index (Phi) is 6.80. The number of anilines is 1. The molecule has 5 nitrogen and oxygen atoms in total. The maximum Gasteiger partial charge on any atom is 0.416 e. The second-order valence-electron chi connectivity index (χ2n) is 7.77. The molecule has 2 aromatic carbocycles. The maximum absolute atomic E-state index is 12.8. The highest BCUT2D eigenvalue weighted by Crippen LogP contribution is 2.29. The number of piperazine rings is 1. The molecule has 2 heterocycles. The third-order valence-electron chi connectivity index (χ3n) is 5.48. The van der Waals surface area contributed by atoms with E-state index in [1.165, 1.54) is 23.5 Å². The molecule has 0 aliphatic carbocycles. The molecule has 1 fully saturated rings. The molecule has 1 aliphatic rings. The molecule has 0 spiro atoms. The molecule has 0 unspecified atom stereocenters. The van der Waals surface area contributed by atoms with E-state index < -0.39 is 11.7 Å². The first-order valence-corrected chi connectivity index (χ1v) is 11.3. The summed E-state index contributed by atoms with van der Waals surface area (Å²) in [5, 5.41) is 4.64. The number of amides is 2. The van der Waals surface area contributed by atoms with Crippen LogP contribution in [0.4, 0.5) is 18.9 Å². The van der Waals surface area contributed by atoms with Gasteiger partial charge >= 0.3 is 6.18 Å². The standard InChI is InChI=1S/C24H22F3N3O2S/c25-24(26,27)19-7-3-17(4-8-19)16-29-11-13-30(14-12-29)23(32)18-5-9-20(10-6-18)28-22(31)21-2-1-15-33-21/h1-10,15H,11-14,16H2,(H,28,31). The van der Waals surface area contributed by atoms with Crippen LogP contribution in [-0.2, 0) is 12.7 Å². The maximum atomic E-state index is 12.8. The van der Waals surface area contributed by atoms with E-state index in [0.29, 0.717) is 48.9 Å². The quantitative estimate of drug-likeness (QED) is 0.569. The van der Waals surface area contributed by atoms with E-state index in [4.69, 9.17) is 0 Å². The molecule has 0 saturated carbocycles. The summed E-state index contributed by atoms with van der Waals surface area (Å²) in [5.74, 6) is -0.270. The van der Waals surface area contributed by atoms with Crippen molar-refractivity contribution in [2.75, 3.05) is 31.5 Å². The van der Waals surface area contributed by atoms with E-state index in [2.05, 4.69) is 10.2 Å². The van der Waals surface area contributed by atoms with E-state index >= 15 is 0 Å². The van der Waals surface area contributed by atoms with Gasteiger partial charge in [0, 0.05) is 44.0 Å². The minimum absolute atomic E-state index is 0.0830. The van der Waals surface area contributed by atoms with Crippen LogP contribution in [0.5, 0.6) is 0 Å². The Balaban J connectivity index is 1.28. The highest BCUT2D eigenvalue weighted by Gasteiger charge is 2.30. The van der Waals surface area contributed by atoms with Crippen molar-refractivity contribution < 1.29 is 22.8 Å². The normalized spacial score (nSPS) is 14.8. The summed E-state index contributed by atoms with van der Waals surface area (Å²) in [6.07, 6.45) is -4.33. The molecular formula is C24H22F3N3O2S. The van der Waals surface area contributed by atoms with Crippen molar-refractivity contribution in [3.63, 3.8) is 0 Å². The molecule has 9 heteroatoms. The number of halogens is 3. The molecule has 0 bridgehead atoms. The van der Waals surface area contributed by atoms with Crippen LogP contribution >= 0.6 is 11.3 Å². The number of rotatable bonds is 5. The van der Waals surface area contributed by atoms with Crippen LogP contribution in [0.15, 0.2) is 66.0 Å². The highest BCUT2D eigenvalue weighted by molar-refractivity contribution is 7.12. The van der Waals surface area contributed by atoms with Crippen molar-refractivity contribution in [1.29, 1.82) is 0 Å². The zero-order valence-electron chi connectivity index (χ0n) is 17.6. The number of alkyl halides is 3. The highest BCUT2D eigenvalue weighted by atomic mass is 32.1. The van der Waals surface area contributed by atoms with Crippen LogP contribution < -0.4 is 5.32 Å². The zero-order chi connectivity index (χ0) is 23.4. The van der Waals surface area contributed by atoms with Gasteiger partial charge < -0.3 is 10.2 Å². The van der Waals surface area contributed by atoms with Crippen LogP contribution in [0.2, 0.25) is 0 Å². The van der Waals surface area contributed by atoms with Gasteiger partial charge in [-0.25, -0.2) is 0 Å². The number of thiophene rings is 1. The molecule has 4 rings (SSSR count). The predicted octanol–water partition coefficient (Wildman–Crippen LogP) is 4.98. The van der Waals surface area contributed by atoms with Crippen molar-refractivity contribution >= 4 is 28.8 Å². The van der Waals surface area contributed by atoms with Crippen molar-refractivity contribution in [3.05, 3.63) is 87.6 Å². The van der Waals surface area contributed by atoms with Gasteiger partial charge in [0.2, 0.25) is 0 Å². The lowest BCUT2D eigenvalue weighted by molar-refractivity contribution is -0.137. The lowest BCUT2D eigenvalue weighted by Gasteiger charge is -2.34. The Morgan fingerprint density at radius 1 is 0.909 bits per heavy atom. The molecule has 0 atom stereocenters. The van der Waals surface area contributed by atoms with Crippen LogP contribution in [0.3, 0.4) is 0 Å². The van der Waals surface area contributed by atoms with Crippen molar-refractivity contribution in [2.45, 2.75) is 12.7 Å². The molecular weight excluding hydrogens is 451 g/mol. The predicted molar refractivity (Wildman–Crippen MR) is 121 cm³/mol. The monoisotopic (exact) mass is 473 g/mol. The first-order chi connectivity index (χ1) is 15.8. The lowest BCUT2D eigenvalue weighted by atomic mass is 10.1. The van der Waals surface area contributed by atoms with Gasteiger partial charge in [0.05, 0.1) is 10.4 Å². The van der Waals surface area contributed by atoms with Gasteiger partial charge in [-0.2, -0.15) is 13.2 Å². The Labute approximate surface area is 193 Å². The molecule has 1 N–H and O–H groups in total. The van der Waals surface area contributed by atoms with Crippen LogP contribution in [0, 0.1) is 0 Å². The van der Waals surface area contributed by atoms with E-state index in [0.717, 1.165) is 17.7 Å². The largest absolute Gasteiger partial charge is 0.416 e.